The number of halogens is 1. The Morgan fingerprint density at radius 2 is 1.09 bits per heavy atom. The molecule has 23 heavy (non-hydrogen) atoms. The molecule has 142 valence electrons. The number of aliphatic hydroxyl groups is 1. The van der Waals surface area contributed by atoms with Crippen molar-refractivity contribution in [1.29, 1.82) is 0 Å². The highest BCUT2D eigenvalue weighted by Crippen LogP contribution is 2.16. The average molecular weight is 394 g/mol. The molecule has 0 fully saturated rings. The second-order valence-electron chi connectivity index (χ2n) is 7.81. The molecule has 0 aromatic rings. The lowest BCUT2D eigenvalue weighted by molar-refractivity contribution is 0.0625. The first-order chi connectivity index (χ1) is 10.5. The van der Waals surface area contributed by atoms with E-state index >= 15 is 0 Å². The van der Waals surface area contributed by atoms with Gasteiger partial charge in [0, 0.05) is 6.04 Å². The van der Waals surface area contributed by atoms with Gasteiger partial charge < -0.3 is 10.8 Å². The summed E-state index contributed by atoms with van der Waals surface area (Å²) in [7, 11) is 0. The van der Waals surface area contributed by atoms with Gasteiger partial charge in [0.1, 0.15) is 0 Å². The topological polar surface area (TPSA) is 46.2 Å². The van der Waals surface area contributed by atoms with Crippen molar-refractivity contribution in [2.75, 3.05) is 0 Å². The van der Waals surface area contributed by atoms with Crippen molar-refractivity contribution in [2.24, 2.45) is 5.73 Å². The van der Waals surface area contributed by atoms with Crippen LogP contribution in [-0.2, 0) is 0 Å². The van der Waals surface area contributed by atoms with Gasteiger partial charge in [-0.05, 0) is 26.7 Å². The zero-order valence-corrected chi connectivity index (χ0v) is 17.8. The Morgan fingerprint density at radius 1 is 0.739 bits per heavy atom. The van der Waals surface area contributed by atoms with Crippen LogP contribution in [0.3, 0.4) is 0 Å². The highest BCUT2D eigenvalue weighted by atomic mass is 79.9. The monoisotopic (exact) mass is 393 g/mol. The van der Waals surface area contributed by atoms with Gasteiger partial charge in [-0.15, -0.1) is 17.0 Å². The van der Waals surface area contributed by atoms with E-state index < -0.39 is 5.60 Å². The Kier molecular flexibility index (Phi) is 19.2. The standard InChI is InChI=1S/C20H43NO.BrH/c1-4-5-6-7-8-9-10-11-12-13-14-15-16-17-19(21)18-20(2,3)22;/h19,22H,4-18,21H2,1-3H3;1H. The van der Waals surface area contributed by atoms with E-state index in [2.05, 4.69) is 6.92 Å². The average Bonchev–Trinajstić information content (AvgIpc) is 2.42. The van der Waals surface area contributed by atoms with E-state index in [4.69, 9.17) is 5.73 Å². The third-order valence-electron chi connectivity index (χ3n) is 4.44. The molecule has 1 unspecified atom stereocenters. The van der Waals surface area contributed by atoms with Crippen LogP contribution in [-0.4, -0.2) is 16.7 Å². The van der Waals surface area contributed by atoms with E-state index in [0.717, 1.165) is 6.42 Å². The van der Waals surface area contributed by atoms with Crippen LogP contribution in [0.2, 0.25) is 0 Å². The van der Waals surface area contributed by atoms with Crippen LogP contribution in [0.25, 0.3) is 0 Å². The minimum Gasteiger partial charge on any atom is -0.390 e. The first-order valence-corrected chi connectivity index (χ1v) is 9.93. The highest BCUT2D eigenvalue weighted by molar-refractivity contribution is 8.93. The van der Waals surface area contributed by atoms with Gasteiger partial charge in [-0.3, -0.25) is 0 Å². The molecule has 1 atom stereocenters. The number of hydrogen-bond donors (Lipinski definition) is 2. The van der Waals surface area contributed by atoms with Crippen LogP contribution in [0.15, 0.2) is 0 Å². The van der Waals surface area contributed by atoms with Crippen molar-refractivity contribution in [1.82, 2.24) is 0 Å². The maximum absolute atomic E-state index is 9.71. The van der Waals surface area contributed by atoms with Crippen LogP contribution in [0, 0.1) is 0 Å². The number of unbranched alkanes of at least 4 members (excludes halogenated alkanes) is 12. The zero-order valence-electron chi connectivity index (χ0n) is 16.1. The van der Waals surface area contributed by atoms with Gasteiger partial charge in [0.25, 0.3) is 0 Å². The first kappa shape index (κ1) is 25.6. The minimum absolute atomic E-state index is 0. The summed E-state index contributed by atoms with van der Waals surface area (Å²) in [6.07, 6.45) is 19.8. The van der Waals surface area contributed by atoms with E-state index in [1.54, 1.807) is 0 Å². The van der Waals surface area contributed by atoms with Crippen LogP contribution >= 0.6 is 17.0 Å². The third kappa shape index (κ3) is 22.4. The van der Waals surface area contributed by atoms with E-state index in [0.29, 0.717) is 6.42 Å². The Balaban J connectivity index is 0. The summed E-state index contributed by atoms with van der Waals surface area (Å²) in [5.74, 6) is 0. The fraction of sp³-hybridized carbons (Fsp3) is 1.00. The number of hydrogen-bond acceptors (Lipinski definition) is 2. The molecule has 0 saturated carbocycles. The van der Waals surface area contributed by atoms with Gasteiger partial charge in [-0.25, -0.2) is 0 Å². The lowest BCUT2D eigenvalue weighted by Crippen LogP contribution is -2.31. The van der Waals surface area contributed by atoms with Gasteiger partial charge in [0.2, 0.25) is 0 Å². The van der Waals surface area contributed by atoms with Gasteiger partial charge in [-0.1, -0.05) is 90.4 Å². The van der Waals surface area contributed by atoms with E-state index in [1.165, 1.54) is 83.5 Å². The smallest absolute Gasteiger partial charge is 0.0606 e. The third-order valence-corrected chi connectivity index (χ3v) is 4.44. The van der Waals surface area contributed by atoms with Crippen LogP contribution in [0.1, 0.15) is 117 Å². The summed E-state index contributed by atoms with van der Waals surface area (Å²) < 4.78 is 0. The summed E-state index contributed by atoms with van der Waals surface area (Å²) in [6.45, 7) is 5.97. The fourth-order valence-electron chi connectivity index (χ4n) is 3.17. The van der Waals surface area contributed by atoms with Crippen LogP contribution < -0.4 is 5.73 Å². The maximum atomic E-state index is 9.71. The molecular weight excluding hydrogens is 350 g/mol. The van der Waals surface area contributed by atoms with Gasteiger partial charge in [0.05, 0.1) is 5.60 Å². The molecule has 0 bridgehead atoms. The fourth-order valence-corrected chi connectivity index (χ4v) is 3.17. The molecule has 3 N–H and O–H groups in total. The normalized spacial score (nSPS) is 12.9. The Hall–Kier alpha value is 0.400. The summed E-state index contributed by atoms with van der Waals surface area (Å²) >= 11 is 0. The number of rotatable bonds is 16. The van der Waals surface area contributed by atoms with Crippen molar-refractivity contribution in [3.8, 4) is 0 Å². The van der Waals surface area contributed by atoms with Crippen molar-refractivity contribution >= 4 is 17.0 Å². The molecule has 0 aromatic heterocycles. The van der Waals surface area contributed by atoms with Gasteiger partial charge in [0.15, 0.2) is 0 Å². The predicted molar refractivity (Wildman–Crippen MR) is 110 cm³/mol. The minimum atomic E-state index is -0.615. The van der Waals surface area contributed by atoms with Crippen LogP contribution in [0.4, 0.5) is 0 Å². The summed E-state index contributed by atoms with van der Waals surface area (Å²) in [5, 5.41) is 9.71. The molecule has 0 aromatic carbocycles. The molecule has 2 nitrogen and oxygen atoms in total. The molecule has 0 aliphatic rings. The first-order valence-electron chi connectivity index (χ1n) is 9.93. The molecule has 0 saturated heterocycles. The Labute approximate surface area is 156 Å². The highest BCUT2D eigenvalue weighted by Gasteiger charge is 2.16. The van der Waals surface area contributed by atoms with E-state index in [9.17, 15) is 5.11 Å². The van der Waals surface area contributed by atoms with Crippen molar-refractivity contribution in [2.45, 2.75) is 129 Å². The van der Waals surface area contributed by atoms with Gasteiger partial charge >= 0.3 is 0 Å². The molecule has 0 aliphatic heterocycles. The SMILES string of the molecule is Br.CCCCCCCCCCCCCCCC(N)CC(C)(C)O. The van der Waals surface area contributed by atoms with E-state index in [1.807, 2.05) is 13.8 Å². The molecule has 0 amide bonds. The Morgan fingerprint density at radius 3 is 1.43 bits per heavy atom. The molecule has 0 heterocycles. The summed E-state index contributed by atoms with van der Waals surface area (Å²) in [4.78, 5) is 0. The molecule has 3 heteroatoms. The van der Waals surface area contributed by atoms with Gasteiger partial charge in [-0.2, -0.15) is 0 Å². The summed E-state index contributed by atoms with van der Waals surface area (Å²) in [6, 6.07) is 0.160. The second kappa shape index (κ2) is 17.2. The van der Waals surface area contributed by atoms with Crippen molar-refractivity contribution < 1.29 is 5.11 Å². The van der Waals surface area contributed by atoms with Crippen molar-refractivity contribution in [3.63, 3.8) is 0 Å². The molecule has 0 spiro atoms. The van der Waals surface area contributed by atoms with Crippen molar-refractivity contribution in [3.05, 3.63) is 0 Å². The molecular formula is C20H44BrNO. The second-order valence-corrected chi connectivity index (χ2v) is 7.81. The Bertz CT molecular complexity index is 228. The quantitative estimate of drug-likeness (QED) is 0.292. The lowest BCUT2D eigenvalue weighted by Gasteiger charge is -2.21. The van der Waals surface area contributed by atoms with E-state index in [-0.39, 0.29) is 23.0 Å². The summed E-state index contributed by atoms with van der Waals surface area (Å²) in [5.41, 5.74) is 5.42. The molecule has 0 rings (SSSR count). The van der Waals surface area contributed by atoms with Crippen LogP contribution in [0.5, 0.6) is 0 Å². The zero-order chi connectivity index (χ0) is 16.7. The molecule has 0 aliphatic carbocycles. The number of nitrogens with two attached hydrogens (primary N) is 1. The maximum Gasteiger partial charge on any atom is 0.0606 e. The lowest BCUT2D eigenvalue weighted by atomic mass is 9.95. The largest absolute Gasteiger partial charge is 0.390 e. The molecule has 0 radical (unpaired) electrons. The predicted octanol–water partition coefficient (Wildman–Crippen LogP) is 6.53.